The molecular weight excluding hydrogens is 286 g/mol. The summed E-state index contributed by atoms with van der Waals surface area (Å²) in [5, 5.41) is 10.2. The third-order valence-corrected chi connectivity index (χ3v) is 4.95. The second-order valence-electron chi connectivity index (χ2n) is 6.55. The minimum atomic E-state index is -0.631. The zero-order valence-electron chi connectivity index (χ0n) is 13.0. The van der Waals surface area contributed by atoms with Crippen LogP contribution in [-0.4, -0.2) is 39.0 Å². The smallest absolute Gasteiger partial charge is 0.232 e. The van der Waals surface area contributed by atoms with E-state index in [0.29, 0.717) is 17.9 Å². The molecule has 5 heteroatoms. The molecule has 1 fully saturated rings. The van der Waals surface area contributed by atoms with Gasteiger partial charge in [0, 0.05) is 23.8 Å². The summed E-state index contributed by atoms with van der Waals surface area (Å²) in [5.41, 5.74) is 0. The van der Waals surface area contributed by atoms with E-state index in [9.17, 15) is 9.90 Å². The average Bonchev–Trinajstić information content (AvgIpc) is 3.05. The van der Waals surface area contributed by atoms with E-state index in [-0.39, 0.29) is 16.7 Å². The van der Waals surface area contributed by atoms with Crippen LogP contribution in [0.5, 0.6) is 0 Å². The third-order valence-electron chi connectivity index (χ3n) is 3.69. The number of thioether (sulfide) groups is 1. The van der Waals surface area contributed by atoms with E-state index in [1.54, 1.807) is 30.2 Å². The summed E-state index contributed by atoms with van der Waals surface area (Å²) in [6.07, 6.45) is 3.47. The van der Waals surface area contributed by atoms with Crippen LogP contribution in [0.2, 0.25) is 0 Å². The Bertz CT molecular complexity index is 453. The predicted molar refractivity (Wildman–Crippen MR) is 85.2 cm³/mol. The molecule has 0 spiro atoms. The van der Waals surface area contributed by atoms with Gasteiger partial charge >= 0.3 is 0 Å². The Morgan fingerprint density at radius 1 is 1.57 bits per heavy atom. The summed E-state index contributed by atoms with van der Waals surface area (Å²) in [7, 11) is 0. The lowest BCUT2D eigenvalue weighted by Crippen LogP contribution is -2.38. The monoisotopic (exact) mass is 311 g/mol. The van der Waals surface area contributed by atoms with Gasteiger partial charge in [0.15, 0.2) is 0 Å². The van der Waals surface area contributed by atoms with Crippen LogP contribution in [-0.2, 0) is 4.79 Å². The van der Waals surface area contributed by atoms with Gasteiger partial charge in [-0.3, -0.25) is 4.79 Å². The average molecular weight is 311 g/mol. The van der Waals surface area contributed by atoms with Gasteiger partial charge in [-0.25, -0.2) is 0 Å². The van der Waals surface area contributed by atoms with E-state index in [1.807, 2.05) is 4.90 Å². The first-order valence-electron chi connectivity index (χ1n) is 7.52. The molecule has 1 aliphatic heterocycles. The first-order valence-corrected chi connectivity index (χ1v) is 8.50. The number of furan rings is 1. The predicted octanol–water partition coefficient (Wildman–Crippen LogP) is 3.23. The molecule has 0 aliphatic carbocycles. The molecule has 118 valence electrons. The number of hydrogen-bond acceptors (Lipinski definition) is 4. The summed E-state index contributed by atoms with van der Waals surface area (Å²) >= 11 is 1.67. The van der Waals surface area contributed by atoms with Crippen molar-refractivity contribution in [3.63, 3.8) is 0 Å². The SMILES string of the molecule is CC(C)(C)SCC(=O)N1CCC[C@@H]1C[C@@H](O)c1ccco1. The Kier molecular flexibility index (Phi) is 5.38. The highest BCUT2D eigenvalue weighted by Gasteiger charge is 2.31. The number of carbonyl (C=O) groups excluding carboxylic acids is 1. The van der Waals surface area contributed by atoms with Crippen molar-refractivity contribution in [1.82, 2.24) is 4.90 Å². The highest BCUT2D eigenvalue weighted by atomic mass is 32.2. The quantitative estimate of drug-likeness (QED) is 0.907. The number of hydrogen-bond donors (Lipinski definition) is 1. The molecule has 0 saturated carbocycles. The number of likely N-dealkylation sites (tertiary alicyclic amines) is 1. The maximum absolute atomic E-state index is 12.4. The van der Waals surface area contributed by atoms with Crippen molar-refractivity contribution in [1.29, 1.82) is 0 Å². The summed E-state index contributed by atoms with van der Waals surface area (Å²) in [6.45, 7) is 7.16. The first kappa shape index (κ1) is 16.4. The largest absolute Gasteiger partial charge is 0.467 e. The molecule has 1 aromatic rings. The van der Waals surface area contributed by atoms with E-state index >= 15 is 0 Å². The Labute approximate surface area is 130 Å². The Hall–Kier alpha value is -0.940. The fraction of sp³-hybridized carbons (Fsp3) is 0.688. The lowest BCUT2D eigenvalue weighted by molar-refractivity contribution is -0.129. The number of aliphatic hydroxyl groups excluding tert-OH is 1. The van der Waals surface area contributed by atoms with Crippen molar-refractivity contribution in [2.24, 2.45) is 0 Å². The van der Waals surface area contributed by atoms with Crippen molar-refractivity contribution in [3.05, 3.63) is 24.2 Å². The van der Waals surface area contributed by atoms with Gasteiger partial charge in [0.2, 0.25) is 5.91 Å². The maximum Gasteiger partial charge on any atom is 0.232 e. The lowest BCUT2D eigenvalue weighted by atomic mass is 10.1. The van der Waals surface area contributed by atoms with Crippen LogP contribution in [0.25, 0.3) is 0 Å². The zero-order chi connectivity index (χ0) is 15.5. The number of amides is 1. The summed E-state index contributed by atoms with van der Waals surface area (Å²) in [4.78, 5) is 14.3. The highest BCUT2D eigenvalue weighted by molar-refractivity contribution is 8.01. The Morgan fingerprint density at radius 3 is 2.95 bits per heavy atom. The van der Waals surface area contributed by atoms with Crippen molar-refractivity contribution in [2.45, 2.75) is 56.9 Å². The van der Waals surface area contributed by atoms with Crippen LogP contribution >= 0.6 is 11.8 Å². The van der Waals surface area contributed by atoms with Crippen LogP contribution in [0.4, 0.5) is 0 Å². The number of nitrogens with zero attached hydrogens (tertiary/aromatic N) is 1. The molecule has 21 heavy (non-hydrogen) atoms. The van der Waals surface area contributed by atoms with Crippen molar-refractivity contribution in [3.8, 4) is 0 Å². The molecule has 1 aromatic heterocycles. The molecule has 0 radical (unpaired) electrons. The van der Waals surface area contributed by atoms with Gasteiger partial charge in [-0.05, 0) is 25.0 Å². The van der Waals surface area contributed by atoms with Crippen LogP contribution in [0, 0.1) is 0 Å². The molecular formula is C16H25NO3S. The minimum absolute atomic E-state index is 0.0958. The number of rotatable bonds is 5. The van der Waals surface area contributed by atoms with E-state index in [1.165, 1.54) is 0 Å². The molecule has 0 unspecified atom stereocenters. The summed E-state index contributed by atoms with van der Waals surface area (Å²) in [6, 6.07) is 3.68. The van der Waals surface area contributed by atoms with Gasteiger partial charge in [0.1, 0.15) is 11.9 Å². The third kappa shape index (κ3) is 4.78. The van der Waals surface area contributed by atoms with Gasteiger partial charge in [0.25, 0.3) is 0 Å². The van der Waals surface area contributed by atoms with Gasteiger partial charge < -0.3 is 14.4 Å². The lowest BCUT2D eigenvalue weighted by Gasteiger charge is -2.27. The van der Waals surface area contributed by atoms with E-state index in [4.69, 9.17) is 4.42 Å². The van der Waals surface area contributed by atoms with Crippen LogP contribution in [0.1, 0.15) is 51.9 Å². The zero-order valence-corrected chi connectivity index (χ0v) is 13.9. The van der Waals surface area contributed by atoms with Crippen LogP contribution < -0.4 is 0 Å². The molecule has 1 aliphatic rings. The van der Waals surface area contributed by atoms with E-state index in [0.717, 1.165) is 19.4 Å². The van der Waals surface area contributed by atoms with Crippen molar-refractivity contribution < 1.29 is 14.3 Å². The van der Waals surface area contributed by atoms with Crippen molar-refractivity contribution >= 4 is 17.7 Å². The maximum atomic E-state index is 12.4. The summed E-state index contributed by atoms with van der Waals surface area (Å²) in [5.74, 6) is 1.28. The van der Waals surface area contributed by atoms with Crippen LogP contribution in [0.15, 0.2) is 22.8 Å². The topological polar surface area (TPSA) is 53.7 Å². The first-order chi connectivity index (χ1) is 9.87. The standard InChI is InChI=1S/C16H25NO3S/c1-16(2,3)21-11-15(19)17-8-4-6-12(17)10-13(18)14-7-5-9-20-14/h5,7,9,12-13,18H,4,6,8,10-11H2,1-3H3/t12-,13-/m1/s1. The molecule has 1 N–H and O–H groups in total. The Morgan fingerprint density at radius 2 is 2.33 bits per heavy atom. The Balaban J connectivity index is 1.89. The van der Waals surface area contributed by atoms with Gasteiger partial charge in [-0.15, -0.1) is 11.8 Å². The second kappa shape index (κ2) is 6.88. The fourth-order valence-corrected chi connectivity index (χ4v) is 3.35. The molecule has 2 heterocycles. The molecule has 1 saturated heterocycles. The van der Waals surface area contributed by atoms with Crippen LogP contribution in [0.3, 0.4) is 0 Å². The molecule has 1 amide bonds. The summed E-state index contributed by atoms with van der Waals surface area (Å²) < 4.78 is 5.33. The normalized spacial score (nSPS) is 20.8. The second-order valence-corrected chi connectivity index (χ2v) is 8.35. The molecule has 0 bridgehead atoms. The van der Waals surface area contributed by atoms with Gasteiger partial charge in [-0.1, -0.05) is 20.8 Å². The molecule has 2 atom stereocenters. The molecule has 0 aromatic carbocycles. The fourth-order valence-electron chi connectivity index (χ4n) is 2.62. The number of aliphatic hydroxyl groups is 1. The molecule has 2 rings (SSSR count). The highest BCUT2D eigenvalue weighted by Crippen LogP contribution is 2.29. The minimum Gasteiger partial charge on any atom is -0.467 e. The van der Waals surface area contributed by atoms with Gasteiger partial charge in [-0.2, -0.15) is 0 Å². The van der Waals surface area contributed by atoms with E-state index in [2.05, 4.69) is 20.8 Å². The molecule has 4 nitrogen and oxygen atoms in total. The van der Waals surface area contributed by atoms with E-state index < -0.39 is 6.10 Å². The van der Waals surface area contributed by atoms with Gasteiger partial charge in [0.05, 0.1) is 12.0 Å². The van der Waals surface area contributed by atoms with Crippen molar-refractivity contribution in [2.75, 3.05) is 12.3 Å². The number of carbonyl (C=O) groups is 1.